The van der Waals surface area contributed by atoms with Crippen LogP contribution in [0.5, 0.6) is 5.75 Å². The van der Waals surface area contributed by atoms with Crippen molar-refractivity contribution < 1.29 is 14.2 Å². The third-order valence-electron chi connectivity index (χ3n) is 9.78. The molecule has 172 valence electrons. The molecule has 4 fully saturated rings. The zero-order chi connectivity index (χ0) is 21.7. The van der Waals surface area contributed by atoms with Gasteiger partial charge in [0.25, 0.3) is 0 Å². The van der Waals surface area contributed by atoms with Crippen molar-refractivity contribution in [2.24, 2.45) is 28.1 Å². The van der Waals surface area contributed by atoms with E-state index >= 15 is 0 Å². The predicted octanol–water partition coefficient (Wildman–Crippen LogP) is 6.40. The van der Waals surface area contributed by atoms with Crippen molar-refractivity contribution in [3.63, 3.8) is 0 Å². The van der Waals surface area contributed by atoms with Gasteiger partial charge in [-0.05, 0) is 79.7 Å². The van der Waals surface area contributed by atoms with E-state index in [2.05, 4.69) is 32.7 Å². The van der Waals surface area contributed by atoms with Gasteiger partial charge in [0.15, 0.2) is 5.79 Å². The van der Waals surface area contributed by atoms with Crippen LogP contribution in [0.25, 0.3) is 0 Å². The zero-order valence-electron chi connectivity index (χ0n) is 20.0. The molecule has 2 heterocycles. The maximum absolute atomic E-state index is 6.81. The van der Waals surface area contributed by atoms with E-state index in [1.54, 1.807) is 12.4 Å². The van der Waals surface area contributed by atoms with Crippen LogP contribution in [0.2, 0.25) is 0 Å². The standard InChI is InChI=1S/C27H41NO3/c1-24(2)14-7-22-25(3,21(24)11-18-29-20-9-16-28-17-10-20)15-8-23-26(22,4)19-30-27(31-23)12-5-6-13-27/h9-10,16-17,21-23H,5-8,11-15,18-19H2,1-4H3/t21-,22?,23-,25+,26+/m1/s1. The molecule has 31 heavy (non-hydrogen) atoms. The van der Waals surface area contributed by atoms with E-state index in [-0.39, 0.29) is 11.2 Å². The molecule has 0 bridgehead atoms. The Hall–Kier alpha value is -1.13. The minimum absolute atomic E-state index is 0.127. The van der Waals surface area contributed by atoms with Crippen molar-refractivity contribution in [3.05, 3.63) is 24.5 Å². The van der Waals surface area contributed by atoms with Crippen LogP contribution in [0.1, 0.15) is 85.5 Å². The van der Waals surface area contributed by atoms with Crippen LogP contribution < -0.4 is 4.74 Å². The molecule has 3 aliphatic carbocycles. The van der Waals surface area contributed by atoms with Gasteiger partial charge in [-0.1, -0.05) is 27.7 Å². The Morgan fingerprint density at radius 1 is 0.968 bits per heavy atom. The molecule has 1 aromatic heterocycles. The van der Waals surface area contributed by atoms with Gasteiger partial charge >= 0.3 is 0 Å². The minimum Gasteiger partial charge on any atom is -0.493 e. The van der Waals surface area contributed by atoms with Crippen molar-refractivity contribution in [2.75, 3.05) is 13.2 Å². The van der Waals surface area contributed by atoms with Gasteiger partial charge in [-0.2, -0.15) is 0 Å². The number of pyridine rings is 1. The summed E-state index contributed by atoms with van der Waals surface area (Å²) in [4.78, 5) is 4.10. The van der Waals surface area contributed by atoms with Crippen LogP contribution in [-0.2, 0) is 9.47 Å². The van der Waals surface area contributed by atoms with Gasteiger partial charge in [0.2, 0.25) is 0 Å². The molecule has 0 N–H and O–H groups in total. The molecule has 4 heteroatoms. The Bertz CT molecular complexity index is 774. The summed E-state index contributed by atoms with van der Waals surface area (Å²) in [6.45, 7) is 11.7. The van der Waals surface area contributed by atoms with Gasteiger partial charge in [0.05, 0.1) is 19.3 Å². The summed E-state index contributed by atoms with van der Waals surface area (Å²) in [7, 11) is 0. The Morgan fingerprint density at radius 3 is 2.45 bits per heavy atom. The number of hydrogen-bond acceptors (Lipinski definition) is 4. The third-order valence-corrected chi connectivity index (χ3v) is 9.78. The van der Waals surface area contributed by atoms with Crippen LogP contribution in [-0.4, -0.2) is 30.1 Å². The number of aromatic nitrogens is 1. The van der Waals surface area contributed by atoms with Crippen LogP contribution in [0.3, 0.4) is 0 Å². The van der Waals surface area contributed by atoms with Crippen molar-refractivity contribution in [1.29, 1.82) is 0 Å². The lowest BCUT2D eigenvalue weighted by Crippen LogP contribution is -2.65. The molecule has 3 saturated carbocycles. The van der Waals surface area contributed by atoms with Crippen molar-refractivity contribution in [3.8, 4) is 5.75 Å². The van der Waals surface area contributed by atoms with E-state index in [4.69, 9.17) is 14.2 Å². The van der Waals surface area contributed by atoms with Gasteiger partial charge in [0, 0.05) is 30.7 Å². The van der Waals surface area contributed by atoms with E-state index in [9.17, 15) is 0 Å². The molecule has 1 aliphatic heterocycles. The van der Waals surface area contributed by atoms with Gasteiger partial charge in [-0.15, -0.1) is 0 Å². The number of rotatable bonds is 4. The normalized spacial score (nSPS) is 40.8. The second kappa shape index (κ2) is 7.73. The van der Waals surface area contributed by atoms with E-state index in [1.807, 2.05) is 12.1 Å². The molecule has 4 nitrogen and oxygen atoms in total. The van der Waals surface area contributed by atoms with Crippen molar-refractivity contribution in [1.82, 2.24) is 4.98 Å². The smallest absolute Gasteiger partial charge is 0.168 e. The lowest BCUT2D eigenvalue weighted by atomic mass is 9.42. The first kappa shape index (κ1) is 21.7. The summed E-state index contributed by atoms with van der Waals surface area (Å²) in [6.07, 6.45) is 14.7. The maximum atomic E-state index is 6.81. The third kappa shape index (κ3) is 3.62. The van der Waals surface area contributed by atoms with Crippen LogP contribution >= 0.6 is 0 Å². The fourth-order valence-corrected chi connectivity index (χ4v) is 8.18. The molecule has 4 aliphatic rings. The Balaban J connectivity index is 1.34. The summed E-state index contributed by atoms with van der Waals surface area (Å²) in [5, 5.41) is 0. The summed E-state index contributed by atoms with van der Waals surface area (Å²) < 4.78 is 19.5. The van der Waals surface area contributed by atoms with Crippen molar-refractivity contribution >= 4 is 0 Å². The fraction of sp³-hybridized carbons (Fsp3) is 0.815. The first-order valence-corrected chi connectivity index (χ1v) is 12.6. The number of fused-ring (bicyclic) bond motifs is 3. The van der Waals surface area contributed by atoms with E-state index < -0.39 is 0 Å². The highest BCUT2D eigenvalue weighted by Gasteiger charge is 2.64. The van der Waals surface area contributed by atoms with Crippen LogP contribution in [0, 0.1) is 28.1 Å². The minimum atomic E-state index is -0.260. The molecule has 1 spiro atoms. The molecule has 1 unspecified atom stereocenters. The molecule has 0 radical (unpaired) electrons. The highest BCUT2D eigenvalue weighted by atomic mass is 16.7. The van der Waals surface area contributed by atoms with Gasteiger partial charge in [-0.3, -0.25) is 4.98 Å². The summed E-state index contributed by atoms with van der Waals surface area (Å²) in [5.41, 5.74) is 0.766. The molecular weight excluding hydrogens is 386 g/mol. The molecule has 5 atom stereocenters. The Kier molecular flexibility index (Phi) is 5.41. The lowest BCUT2D eigenvalue weighted by molar-refractivity contribution is -0.359. The quantitative estimate of drug-likeness (QED) is 0.558. The molecular formula is C27H41NO3. The maximum Gasteiger partial charge on any atom is 0.168 e. The predicted molar refractivity (Wildman–Crippen MR) is 122 cm³/mol. The van der Waals surface area contributed by atoms with Crippen LogP contribution in [0.15, 0.2) is 24.5 Å². The molecule has 5 rings (SSSR count). The Labute approximate surface area is 188 Å². The van der Waals surface area contributed by atoms with E-state index in [0.29, 0.717) is 28.8 Å². The molecule has 1 saturated heterocycles. The average molecular weight is 428 g/mol. The van der Waals surface area contributed by atoms with E-state index in [1.165, 1.54) is 38.5 Å². The second-order valence-electron chi connectivity index (χ2n) is 12.0. The first-order chi connectivity index (χ1) is 14.8. The van der Waals surface area contributed by atoms with Gasteiger partial charge < -0.3 is 14.2 Å². The van der Waals surface area contributed by atoms with E-state index in [0.717, 1.165) is 38.2 Å². The first-order valence-electron chi connectivity index (χ1n) is 12.6. The number of hydrogen-bond donors (Lipinski definition) is 0. The van der Waals surface area contributed by atoms with Crippen LogP contribution in [0.4, 0.5) is 0 Å². The topological polar surface area (TPSA) is 40.6 Å². The SMILES string of the molecule is CC1(C)CCC2[C@]3(C)COC4(CCCC4)O[C@@H]3CC[C@@]2(C)[C@@H]1CCOc1ccncc1. The molecule has 0 amide bonds. The lowest BCUT2D eigenvalue weighted by Gasteiger charge is -2.66. The zero-order valence-corrected chi connectivity index (χ0v) is 20.0. The largest absolute Gasteiger partial charge is 0.493 e. The Morgan fingerprint density at radius 2 is 1.71 bits per heavy atom. The second-order valence-corrected chi connectivity index (χ2v) is 12.0. The monoisotopic (exact) mass is 427 g/mol. The van der Waals surface area contributed by atoms with Gasteiger partial charge in [0.1, 0.15) is 5.75 Å². The molecule has 1 aromatic rings. The number of nitrogens with zero attached hydrogens (tertiary/aromatic N) is 1. The average Bonchev–Trinajstić information content (AvgIpc) is 3.20. The summed E-state index contributed by atoms with van der Waals surface area (Å²) in [5.74, 6) is 1.96. The summed E-state index contributed by atoms with van der Waals surface area (Å²) in [6, 6.07) is 3.91. The molecule has 0 aromatic carbocycles. The van der Waals surface area contributed by atoms with Crippen molar-refractivity contribution in [2.45, 2.75) is 97.4 Å². The fourth-order valence-electron chi connectivity index (χ4n) is 8.18. The highest BCUT2D eigenvalue weighted by Crippen LogP contribution is 2.67. The summed E-state index contributed by atoms with van der Waals surface area (Å²) >= 11 is 0. The number of ether oxygens (including phenoxy) is 3. The highest BCUT2D eigenvalue weighted by molar-refractivity contribution is 5.17. The van der Waals surface area contributed by atoms with Gasteiger partial charge in [-0.25, -0.2) is 0 Å².